The number of nitriles is 1. The fourth-order valence-corrected chi connectivity index (χ4v) is 2.40. The van der Waals surface area contributed by atoms with Crippen LogP contribution in [-0.4, -0.2) is 55.2 Å². The van der Waals surface area contributed by atoms with Gasteiger partial charge in [0.25, 0.3) is 0 Å². The summed E-state index contributed by atoms with van der Waals surface area (Å²) in [5.74, 6) is 0.756. The van der Waals surface area contributed by atoms with E-state index in [1.54, 1.807) is 12.3 Å². The minimum absolute atomic E-state index is 0.172. The molecule has 0 N–H and O–H groups in total. The van der Waals surface area contributed by atoms with Gasteiger partial charge in [-0.2, -0.15) is 5.26 Å². The highest BCUT2D eigenvalue weighted by Gasteiger charge is 2.28. The molecule has 0 bridgehead atoms. The summed E-state index contributed by atoms with van der Waals surface area (Å²) in [7, 11) is 7.66. The number of hydrogen-bond donors (Lipinski definition) is 0. The molecule has 6 heteroatoms. The smallest absolute Gasteiger partial charge is 0.213 e. The molecule has 0 fully saturated rings. The molecular weight excluding hydrogens is 288 g/mol. The van der Waals surface area contributed by atoms with Crippen LogP contribution in [0.4, 0.5) is 0 Å². The Hall–Kier alpha value is -1.35. The summed E-state index contributed by atoms with van der Waals surface area (Å²) in [5.41, 5.74) is 0.802. The number of rotatable bonds is 6. The Morgan fingerprint density at radius 3 is 2.24 bits per heavy atom. The Labute approximate surface area is 132 Å². The van der Waals surface area contributed by atoms with Crippen molar-refractivity contribution in [3.05, 3.63) is 23.0 Å². The lowest BCUT2D eigenvalue weighted by atomic mass is 10.1. The van der Waals surface area contributed by atoms with E-state index < -0.39 is 6.10 Å². The van der Waals surface area contributed by atoms with Crippen LogP contribution in [0.1, 0.15) is 25.5 Å². The molecule has 0 spiro atoms. The highest BCUT2D eigenvalue weighted by molar-refractivity contribution is 6.30. The third-order valence-corrected chi connectivity index (χ3v) is 3.31. The number of hydrogen-bond acceptors (Lipinski definition) is 5. The summed E-state index contributed by atoms with van der Waals surface area (Å²) in [4.78, 5) is 8.21. The molecule has 1 unspecified atom stereocenters. The van der Waals surface area contributed by atoms with E-state index >= 15 is 0 Å². The highest BCUT2D eigenvalue weighted by Crippen LogP contribution is 2.28. The summed E-state index contributed by atoms with van der Waals surface area (Å²) in [6.45, 7) is 4.06. The highest BCUT2D eigenvalue weighted by atomic mass is 35.5. The number of likely N-dealkylation sites (N-methyl/N-ethyl adjacent to an activating group) is 2. The van der Waals surface area contributed by atoms with Crippen molar-refractivity contribution in [2.45, 2.75) is 32.0 Å². The molecule has 0 aliphatic heterocycles. The van der Waals surface area contributed by atoms with Crippen LogP contribution in [0.25, 0.3) is 0 Å². The number of nitrogens with zero attached hydrogens (tertiary/aromatic N) is 4. The Bertz CT molecular complexity index is 503. The molecule has 0 aliphatic rings. The molecule has 5 nitrogen and oxygen atoms in total. The molecule has 0 saturated heterocycles. The molecule has 1 heterocycles. The maximum Gasteiger partial charge on any atom is 0.213 e. The van der Waals surface area contributed by atoms with Crippen molar-refractivity contribution >= 4 is 11.6 Å². The molecule has 1 aromatic rings. The third kappa shape index (κ3) is 4.57. The van der Waals surface area contributed by atoms with Crippen LogP contribution in [0, 0.1) is 11.3 Å². The van der Waals surface area contributed by atoms with Crippen molar-refractivity contribution in [2.24, 2.45) is 0 Å². The maximum absolute atomic E-state index is 9.47. The first-order valence-electron chi connectivity index (χ1n) is 6.82. The molecule has 1 aromatic heterocycles. The monoisotopic (exact) mass is 310 g/mol. The Morgan fingerprint density at radius 1 is 1.24 bits per heavy atom. The predicted molar refractivity (Wildman–Crippen MR) is 84.5 cm³/mol. The lowest BCUT2D eigenvalue weighted by molar-refractivity contribution is 0.0400. The van der Waals surface area contributed by atoms with Crippen molar-refractivity contribution in [1.82, 2.24) is 14.8 Å². The second-order valence-electron chi connectivity index (χ2n) is 5.70. The normalized spacial score (nSPS) is 13.0. The van der Waals surface area contributed by atoms with Gasteiger partial charge in [-0.3, -0.25) is 14.8 Å². The van der Waals surface area contributed by atoms with Gasteiger partial charge in [0.1, 0.15) is 18.0 Å². The standard InChI is InChI=1S/C15H23ClN4O/c1-10(2)14-12(7-11(16)9-18-14)21-13(8-17)15(19(3)4)20(5)6/h7,9-10,13,15H,1-6H3. The van der Waals surface area contributed by atoms with Gasteiger partial charge < -0.3 is 4.74 Å². The zero-order chi connectivity index (χ0) is 16.2. The topological polar surface area (TPSA) is 52.4 Å². The van der Waals surface area contributed by atoms with Crippen LogP contribution in [0.2, 0.25) is 5.02 Å². The molecule has 1 atom stereocenters. The number of halogens is 1. The first-order valence-corrected chi connectivity index (χ1v) is 7.20. The number of pyridine rings is 1. The molecule has 21 heavy (non-hydrogen) atoms. The predicted octanol–water partition coefficient (Wildman–Crippen LogP) is 2.58. The van der Waals surface area contributed by atoms with Crippen molar-refractivity contribution in [2.75, 3.05) is 28.2 Å². The van der Waals surface area contributed by atoms with Crippen molar-refractivity contribution in [3.8, 4) is 11.8 Å². The minimum Gasteiger partial charge on any atom is -0.470 e. The van der Waals surface area contributed by atoms with Gasteiger partial charge in [-0.25, -0.2) is 0 Å². The molecule has 0 aliphatic carbocycles. The van der Waals surface area contributed by atoms with E-state index in [0.29, 0.717) is 10.8 Å². The number of aromatic nitrogens is 1. The summed E-state index contributed by atoms with van der Waals surface area (Å²) in [6, 6.07) is 3.94. The van der Waals surface area contributed by atoms with E-state index in [2.05, 4.69) is 11.1 Å². The molecular formula is C15H23ClN4O. The molecule has 0 amide bonds. The van der Waals surface area contributed by atoms with Gasteiger partial charge in [-0.05, 0) is 34.1 Å². The summed E-state index contributed by atoms with van der Waals surface area (Å²) < 4.78 is 5.93. The fourth-order valence-electron chi connectivity index (χ4n) is 2.25. The fraction of sp³-hybridized carbons (Fsp3) is 0.600. The van der Waals surface area contributed by atoms with Gasteiger partial charge in [0.05, 0.1) is 10.7 Å². The van der Waals surface area contributed by atoms with Gasteiger partial charge in [0.2, 0.25) is 6.10 Å². The van der Waals surface area contributed by atoms with Crippen LogP contribution in [-0.2, 0) is 0 Å². The first kappa shape index (κ1) is 17.7. The SMILES string of the molecule is CC(C)c1ncc(Cl)cc1OC(C#N)C(N(C)C)N(C)C. The molecule has 0 aromatic carbocycles. The average molecular weight is 311 g/mol. The van der Waals surface area contributed by atoms with Crippen molar-refractivity contribution < 1.29 is 4.74 Å². The minimum atomic E-state index is -0.646. The Morgan fingerprint density at radius 2 is 1.81 bits per heavy atom. The third-order valence-electron chi connectivity index (χ3n) is 3.11. The van der Waals surface area contributed by atoms with Crippen LogP contribution in [0.15, 0.2) is 12.3 Å². The van der Waals surface area contributed by atoms with Crippen LogP contribution < -0.4 is 4.74 Å². The second kappa shape index (κ2) is 7.60. The zero-order valence-electron chi connectivity index (χ0n) is 13.5. The Kier molecular flexibility index (Phi) is 6.41. The summed E-state index contributed by atoms with van der Waals surface area (Å²) in [5, 5.41) is 9.97. The van der Waals surface area contributed by atoms with E-state index in [4.69, 9.17) is 16.3 Å². The molecule has 116 valence electrons. The summed E-state index contributed by atoms with van der Waals surface area (Å²) >= 11 is 6.01. The zero-order valence-corrected chi connectivity index (χ0v) is 14.2. The first-order chi connectivity index (χ1) is 9.77. The van der Waals surface area contributed by atoms with Crippen molar-refractivity contribution in [3.63, 3.8) is 0 Å². The average Bonchev–Trinajstić information content (AvgIpc) is 2.36. The van der Waals surface area contributed by atoms with Crippen LogP contribution in [0.3, 0.4) is 0 Å². The second-order valence-corrected chi connectivity index (χ2v) is 6.14. The summed E-state index contributed by atoms with van der Waals surface area (Å²) in [6.07, 6.45) is 0.780. The van der Waals surface area contributed by atoms with Gasteiger partial charge >= 0.3 is 0 Å². The molecule has 0 saturated carbocycles. The van der Waals surface area contributed by atoms with E-state index in [1.807, 2.05) is 51.8 Å². The van der Waals surface area contributed by atoms with E-state index in [0.717, 1.165) is 5.69 Å². The van der Waals surface area contributed by atoms with Crippen LogP contribution >= 0.6 is 11.6 Å². The maximum atomic E-state index is 9.47. The molecule has 1 rings (SSSR count). The van der Waals surface area contributed by atoms with E-state index in [9.17, 15) is 5.26 Å². The molecule has 0 radical (unpaired) electrons. The van der Waals surface area contributed by atoms with Gasteiger partial charge in [-0.1, -0.05) is 25.4 Å². The lowest BCUT2D eigenvalue weighted by Crippen LogP contribution is -2.50. The quantitative estimate of drug-likeness (QED) is 0.756. The van der Waals surface area contributed by atoms with E-state index in [1.165, 1.54) is 0 Å². The van der Waals surface area contributed by atoms with E-state index in [-0.39, 0.29) is 12.1 Å². The lowest BCUT2D eigenvalue weighted by Gasteiger charge is -2.34. The van der Waals surface area contributed by atoms with Gasteiger partial charge in [0, 0.05) is 12.3 Å². The van der Waals surface area contributed by atoms with Gasteiger partial charge in [0.15, 0.2) is 0 Å². The van der Waals surface area contributed by atoms with Crippen LogP contribution in [0.5, 0.6) is 5.75 Å². The largest absolute Gasteiger partial charge is 0.470 e. The van der Waals surface area contributed by atoms with Crippen molar-refractivity contribution in [1.29, 1.82) is 5.26 Å². The van der Waals surface area contributed by atoms with Gasteiger partial charge in [-0.15, -0.1) is 0 Å². The Balaban J connectivity index is 3.12. The number of ether oxygens (including phenoxy) is 1.